The first-order valence-electron chi connectivity index (χ1n) is 8.20. The van der Waals surface area contributed by atoms with Gasteiger partial charge in [0.1, 0.15) is 4.21 Å². The maximum Gasteiger partial charge on any atom is 0.271 e. The zero-order chi connectivity index (χ0) is 20.3. The van der Waals surface area contributed by atoms with Gasteiger partial charge < -0.3 is 5.32 Å². The van der Waals surface area contributed by atoms with Crippen LogP contribution in [0.3, 0.4) is 0 Å². The van der Waals surface area contributed by atoms with Crippen LogP contribution < -0.4 is 10.0 Å². The van der Waals surface area contributed by atoms with Crippen molar-refractivity contribution in [2.24, 2.45) is 0 Å². The number of carbonyl (C=O) groups is 1. The van der Waals surface area contributed by atoms with Crippen LogP contribution in [0.4, 0.5) is 5.69 Å². The lowest BCUT2D eigenvalue weighted by molar-refractivity contribution is 0.0941. The molecule has 0 saturated heterocycles. The Kier molecular flexibility index (Phi) is 6.30. The molecule has 9 heteroatoms. The Morgan fingerprint density at radius 2 is 1.75 bits per heavy atom. The van der Waals surface area contributed by atoms with Gasteiger partial charge in [0.15, 0.2) is 0 Å². The molecule has 5 nitrogen and oxygen atoms in total. The third-order valence-corrected chi connectivity index (χ3v) is 7.25. The molecule has 0 spiro atoms. The van der Waals surface area contributed by atoms with E-state index in [1.807, 2.05) is 37.3 Å². The van der Waals surface area contributed by atoms with Crippen LogP contribution >= 0.6 is 34.5 Å². The smallest absolute Gasteiger partial charge is 0.271 e. The van der Waals surface area contributed by atoms with E-state index in [-0.39, 0.29) is 21.5 Å². The zero-order valence-corrected chi connectivity index (χ0v) is 17.8. The third kappa shape index (κ3) is 4.86. The van der Waals surface area contributed by atoms with Crippen molar-refractivity contribution in [3.8, 4) is 0 Å². The molecule has 2 N–H and O–H groups in total. The minimum Gasteiger partial charge on any atom is -0.345 e. The Balaban J connectivity index is 1.87. The summed E-state index contributed by atoms with van der Waals surface area (Å²) in [5.41, 5.74) is 1.18. The molecule has 1 heterocycles. The summed E-state index contributed by atoms with van der Waals surface area (Å²) in [6.45, 7) is 1.84. The van der Waals surface area contributed by atoms with Gasteiger partial charge in [-0.1, -0.05) is 53.5 Å². The average molecular weight is 455 g/mol. The van der Waals surface area contributed by atoms with Crippen LogP contribution in [0.15, 0.2) is 64.9 Å². The number of sulfonamides is 1. The highest BCUT2D eigenvalue weighted by Gasteiger charge is 2.21. The molecule has 1 atom stereocenters. The molecule has 0 aliphatic carbocycles. The molecule has 3 aromatic rings. The molecule has 0 aliphatic rings. The van der Waals surface area contributed by atoms with Crippen molar-refractivity contribution in [2.75, 3.05) is 4.72 Å². The topological polar surface area (TPSA) is 75.3 Å². The molecule has 0 fully saturated rings. The van der Waals surface area contributed by atoms with Crippen LogP contribution in [-0.4, -0.2) is 14.3 Å². The highest BCUT2D eigenvalue weighted by molar-refractivity contribution is 7.94. The number of thiophene rings is 1. The van der Waals surface area contributed by atoms with Crippen molar-refractivity contribution >= 4 is 56.2 Å². The van der Waals surface area contributed by atoms with Crippen LogP contribution in [0.25, 0.3) is 0 Å². The van der Waals surface area contributed by atoms with Gasteiger partial charge in [-0.25, -0.2) is 8.42 Å². The molecular formula is C19H16Cl2N2O3S2. The number of benzene rings is 2. The second-order valence-electron chi connectivity index (χ2n) is 5.96. The molecule has 0 saturated carbocycles. The van der Waals surface area contributed by atoms with E-state index in [1.165, 1.54) is 30.3 Å². The first-order valence-corrected chi connectivity index (χ1v) is 11.3. The van der Waals surface area contributed by atoms with Crippen molar-refractivity contribution in [3.05, 3.63) is 81.1 Å². The lowest BCUT2D eigenvalue weighted by Crippen LogP contribution is -2.28. The fourth-order valence-corrected chi connectivity index (χ4v) is 5.26. The summed E-state index contributed by atoms with van der Waals surface area (Å²) in [4.78, 5) is 12.8. The van der Waals surface area contributed by atoms with Crippen molar-refractivity contribution in [1.82, 2.24) is 5.32 Å². The quantitative estimate of drug-likeness (QED) is 0.527. The van der Waals surface area contributed by atoms with E-state index >= 15 is 0 Å². The molecule has 146 valence electrons. The van der Waals surface area contributed by atoms with E-state index in [0.717, 1.165) is 16.9 Å². The number of carbonyl (C=O) groups excluding carboxylic acids is 1. The maximum absolute atomic E-state index is 12.8. The van der Waals surface area contributed by atoms with Gasteiger partial charge in [0.2, 0.25) is 0 Å². The minimum absolute atomic E-state index is 0.0523. The number of rotatable bonds is 6. The van der Waals surface area contributed by atoms with Gasteiger partial charge in [-0.05, 0) is 42.8 Å². The number of nitrogens with one attached hydrogen (secondary N) is 2. The Morgan fingerprint density at radius 3 is 2.39 bits per heavy atom. The first-order chi connectivity index (χ1) is 13.3. The van der Waals surface area contributed by atoms with Gasteiger partial charge in [0.25, 0.3) is 15.9 Å². The first kappa shape index (κ1) is 20.7. The lowest BCUT2D eigenvalue weighted by Gasteiger charge is -2.17. The average Bonchev–Trinajstić information content (AvgIpc) is 3.11. The van der Waals surface area contributed by atoms with E-state index in [2.05, 4.69) is 10.0 Å². The highest BCUT2D eigenvalue weighted by atomic mass is 35.5. The number of halogens is 2. The second kappa shape index (κ2) is 8.53. The Bertz CT molecular complexity index is 1100. The fourth-order valence-electron chi connectivity index (χ4n) is 2.53. The van der Waals surface area contributed by atoms with Gasteiger partial charge in [-0.15, -0.1) is 11.3 Å². The number of hydrogen-bond donors (Lipinski definition) is 2. The van der Waals surface area contributed by atoms with Crippen LogP contribution in [0.2, 0.25) is 9.36 Å². The molecule has 3 rings (SSSR count). The van der Waals surface area contributed by atoms with E-state index in [9.17, 15) is 13.2 Å². The Morgan fingerprint density at radius 1 is 1.04 bits per heavy atom. The maximum atomic E-state index is 12.8. The monoisotopic (exact) mass is 454 g/mol. The van der Waals surface area contributed by atoms with Crippen molar-refractivity contribution in [3.63, 3.8) is 0 Å². The predicted octanol–water partition coefficient (Wildman–Crippen LogP) is 5.35. The summed E-state index contributed by atoms with van der Waals surface area (Å²) < 4.78 is 28.0. The van der Waals surface area contributed by atoms with Gasteiger partial charge in [0.05, 0.1) is 21.6 Å². The molecule has 2 aromatic carbocycles. The third-order valence-electron chi connectivity index (χ3n) is 3.93. The highest BCUT2D eigenvalue weighted by Crippen LogP contribution is 2.29. The minimum atomic E-state index is -3.88. The fraction of sp³-hybridized carbons (Fsp3) is 0.105. The van der Waals surface area contributed by atoms with Gasteiger partial charge in [-0.3, -0.25) is 9.52 Å². The summed E-state index contributed by atoms with van der Waals surface area (Å²) in [7, 11) is -3.88. The summed E-state index contributed by atoms with van der Waals surface area (Å²) in [5.74, 6) is -0.444. The lowest BCUT2D eigenvalue weighted by atomic mass is 10.1. The number of amides is 1. The predicted molar refractivity (Wildman–Crippen MR) is 114 cm³/mol. The molecule has 0 bridgehead atoms. The van der Waals surface area contributed by atoms with Gasteiger partial charge in [0, 0.05) is 5.02 Å². The largest absolute Gasteiger partial charge is 0.345 e. The van der Waals surface area contributed by atoms with E-state index in [4.69, 9.17) is 23.2 Å². The van der Waals surface area contributed by atoms with Crippen molar-refractivity contribution in [1.29, 1.82) is 0 Å². The molecular weight excluding hydrogens is 439 g/mol. The Hall–Kier alpha value is -2.06. The molecule has 0 aliphatic heterocycles. The summed E-state index contributed by atoms with van der Waals surface area (Å²) in [6.07, 6.45) is 0. The number of hydrogen-bond acceptors (Lipinski definition) is 4. The van der Waals surface area contributed by atoms with E-state index in [1.54, 1.807) is 0 Å². The summed E-state index contributed by atoms with van der Waals surface area (Å²) in [5, 5.41) is 3.18. The molecule has 0 unspecified atom stereocenters. The van der Waals surface area contributed by atoms with Crippen LogP contribution in [-0.2, 0) is 10.0 Å². The molecule has 0 radical (unpaired) electrons. The summed E-state index contributed by atoms with van der Waals surface area (Å²) in [6, 6.07) is 16.5. The Labute approximate surface area is 177 Å². The van der Waals surface area contributed by atoms with Crippen molar-refractivity contribution < 1.29 is 13.2 Å². The van der Waals surface area contributed by atoms with Gasteiger partial charge in [-0.2, -0.15) is 0 Å². The SMILES string of the molecule is C[C@@H](NC(=O)c1cc(Cl)ccc1NS(=O)(=O)c1ccc(Cl)s1)c1ccccc1. The van der Waals surface area contributed by atoms with Crippen molar-refractivity contribution in [2.45, 2.75) is 17.2 Å². The van der Waals surface area contributed by atoms with Gasteiger partial charge >= 0.3 is 0 Å². The molecule has 28 heavy (non-hydrogen) atoms. The second-order valence-corrected chi connectivity index (χ2v) is 10.0. The zero-order valence-electron chi connectivity index (χ0n) is 14.6. The number of anilines is 1. The van der Waals surface area contributed by atoms with Crippen LogP contribution in [0.5, 0.6) is 0 Å². The van der Waals surface area contributed by atoms with E-state index in [0.29, 0.717) is 9.36 Å². The van der Waals surface area contributed by atoms with Crippen LogP contribution in [0.1, 0.15) is 28.9 Å². The van der Waals surface area contributed by atoms with Crippen LogP contribution in [0, 0.1) is 0 Å². The summed E-state index contributed by atoms with van der Waals surface area (Å²) >= 11 is 12.8. The normalized spacial score (nSPS) is 12.4. The molecule has 1 aromatic heterocycles. The molecule has 1 amide bonds. The van der Waals surface area contributed by atoms with E-state index < -0.39 is 15.9 Å². The standard InChI is InChI=1S/C19H16Cl2N2O3S2/c1-12(13-5-3-2-4-6-13)22-19(24)15-11-14(20)7-8-16(15)23-28(25,26)18-10-9-17(21)27-18/h2-12,23H,1H3,(H,22,24)/t12-/m1/s1.